The molecule has 0 radical (unpaired) electrons. The Labute approximate surface area is 122 Å². The molecule has 0 unspecified atom stereocenters. The predicted molar refractivity (Wildman–Crippen MR) is 73.8 cm³/mol. The van der Waals surface area contributed by atoms with Crippen molar-refractivity contribution < 1.29 is 19.6 Å². The molecule has 1 aromatic carbocycles. The van der Waals surface area contributed by atoms with Crippen LogP contribution in [0, 0.1) is 10.1 Å². The van der Waals surface area contributed by atoms with E-state index in [0.717, 1.165) is 6.07 Å². The van der Waals surface area contributed by atoms with Crippen LogP contribution in [0.2, 0.25) is 5.02 Å². The highest BCUT2D eigenvalue weighted by Crippen LogP contribution is 2.28. The molecule has 1 aromatic heterocycles. The average Bonchev–Trinajstić information content (AvgIpc) is 2.40. The molecule has 0 spiro atoms. The zero-order valence-electron chi connectivity index (χ0n) is 10.3. The summed E-state index contributed by atoms with van der Waals surface area (Å²) in [7, 11) is 0. The van der Waals surface area contributed by atoms with Crippen LogP contribution >= 0.6 is 11.6 Å². The number of carboxylic acids is 1. The Kier molecular flexibility index (Phi) is 3.90. The summed E-state index contributed by atoms with van der Waals surface area (Å²) in [4.78, 5) is 24.6. The van der Waals surface area contributed by atoms with E-state index in [-0.39, 0.29) is 33.7 Å². The molecule has 2 rings (SSSR count). The first-order valence-corrected chi connectivity index (χ1v) is 5.88. The van der Waals surface area contributed by atoms with Crippen LogP contribution in [0.5, 0.6) is 11.6 Å². The fourth-order valence-corrected chi connectivity index (χ4v) is 1.71. The second-order valence-electron chi connectivity index (χ2n) is 3.86. The summed E-state index contributed by atoms with van der Waals surface area (Å²) in [5, 5.41) is 19.6. The second kappa shape index (κ2) is 5.63. The van der Waals surface area contributed by atoms with Gasteiger partial charge in [-0.3, -0.25) is 10.1 Å². The van der Waals surface area contributed by atoms with Crippen LogP contribution in [0.25, 0.3) is 0 Å². The lowest BCUT2D eigenvalue weighted by molar-refractivity contribution is -0.384. The van der Waals surface area contributed by atoms with Gasteiger partial charge in [-0.2, -0.15) is 4.98 Å². The number of nitrogen functional groups attached to an aromatic ring is 1. The van der Waals surface area contributed by atoms with E-state index in [9.17, 15) is 14.9 Å². The Bertz CT molecular complexity index is 735. The van der Waals surface area contributed by atoms with E-state index in [1.54, 1.807) is 0 Å². The second-order valence-corrected chi connectivity index (χ2v) is 4.27. The molecule has 0 fully saturated rings. The third-order valence-electron chi connectivity index (χ3n) is 2.46. The lowest BCUT2D eigenvalue weighted by atomic mass is 10.2. The number of ether oxygens (including phenoxy) is 1. The van der Waals surface area contributed by atoms with Gasteiger partial charge in [0.25, 0.3) is 0 Å². The van der Waals surface area contributed by atoms with Crippen LogP contribution in [0.1, 0.15) is 10.4 Å². The van der Waals surface area contributed by atoms with Crippen molar-refractivity contribution >= 4 is 29.1 Å². The van der Waals surface area contributed by atoms with Gasteiger partial charge in [0, 0.05) is 12.1 Å². The minimum atomic E-state index is -1.21. The van der Waals surface area contributed by atoms with Crippen LogP contribution in [0.15, 0.2) is 30.3 Å². The van der Waals surface area contributed by atoms with Crippen molar-refractivity contribution in [2.24, 2.45) is 0 Å². The first-order valence-electron chi connectivity index (χ1n) is 5.50. The minimum Gasteiger partial charge on any atom is -0.478 e. The van der Waals surface area contributed by atoms with Crippen molar-refractivity contribution in [2.75, 3.05) is 5.73 Å². The number of benzene rings is 1. The molecule has 0 saturated heterocycles. The van der Waals surface area contributed by atoms with Gasteiger partial charge in [0.05, 0.1) is 15.5 Å². The van der Waals surface area contributed by atoms with Gasteiger partial charge in [-0.05, 0) is 18.2 Å². The summed E-state index contributed by atoms with van der Waals surface area (Å²) < 4.78 is 5.30. The van der Waals surface area contributed by atoms with Gasteiger partial charge < -0.3 is 15.6 Å². The summed E-state index contributed by atoms with van der Waals surface area (Å²) in [6.07, 6.45) is 0. The third kappa shape index (κ3) is 3.18. The summed E-state index contributed by atoms with van der Waals surface area (Å²) in [5.74, 6) is -1.35. The quantitative estimate of drug-likeness (QED) is 0.656. The Morgan fingerprint density at radius 2 is 2.10 bits per heavy atom. The summed E-state index contributed by atoms with van der Waals surface area (Å²) in [6, 6.07) is 6.41. The molecule has 0 aliphatic rings. The zero-order chi connectivity index (χ0) is 15.6. The van der Waals surface area contributed by atoms with Crippen LogP contribution in [0.3, 0.4) is 0 Å². The average molecular weight is 310 g/mol. The maximum Gasteiger partial charge on any atom is 0.337 e. The number of halogens is 1. The van der Waals surface area contributed by atoms with Crippen LogP contribution in [-0.2, 0) is 0 Å². The molecule has 0 saturated carbocycles. The lowest BCUT2D eigenvalue weighted by Gasteiger charge is -2.07. The molecular formula is C12H8ClN3O5. The van der Waals surface area contributed by atoms with Crippen molar-refractivity contribution in [1.82, 2.24) is 4.98 Å². The molecule has 9 heteroatoms. The SMILES string of the molecule is Nc1nc(Oc2ccc(Cl)c(C(=O)O)c2)ccc1[N+](=O)[O-]. The monoisotopic (exact) mass is 309 g/mol. The number of nitrogens with two attached hydrogens (primary N) is 1. The molecule has 108 valence electrons. The number of pyridine rings is 1. The van der Waals surface area contributed by atoms with Crippen LogP contribution in [0.4, 0.5) is 11.5 Å². The number of carbonyl (C=O) groups is 1. The lowest BCUT2D eigenvalue weighted by Crippen LogP contribution is -2.01. The van der Waals surface area contributed by atoms with Crippen molar-refractivity contribution in [3.05, 3.63) is 51.0 Å². The molecule has 2 aromatic rings. The number of carboxylic acid groups (broad SMARTS) is 1. The summed E-state index contributed by atoms with van der Waals surface area (Å²) >= 11 is 5.73. The van der Waals surface area contributed by atoms with E-state index < -0.39 is 10.9 Å². The smallest absolute Gasteiger partial charge is 0.337 e. The van der Waals surface area contributed by atoms with Crippen LogP contribution < -0.4 is 10.5 Å². The highest BCUT2D eigenvalue weighted by atomic mass is 35.5. The fourth-order valence-electron chi connectivity index (χ4n) is 1.51. The maximum atomic E-state index is 10.9. The normalized spacial score (nSPS) is 10.1. The molecule has 1 heterocycles. The summed E-state index contributed by atoms with van der Waals surface area (Å²) in [6.45, 7) is 0. The predicted octanol–water partition coefficient (Wildman–Crippen LogP) is 2.72. The van der Waals surface area contributed by atoms with Crippen molar-refractivity contribution in [3.8, 4) is 11.6 Å². The van der Waals surface area contributed by atoms with Gasteiger partial charge in [-0.25, -0.2) is 4.79 Å². The molecule has 3 N–H and O–H groups in total. The zero-order valence-corrected chi connectivity index (χ0v) is 11.1. The van der Waals surface area contributed by atoms with Crippen molar-refractivity contribution in [1.29, 1.82) is 0 Å². The number of aromatic nitrogens is 1. The molecule has 0 aliphatic carbocycles. The van der Waals surface area contributed by atoms with E-state index in [4.69, 9.17) is 27.2 Å². The molecular weight excluding hydrogens is 302 g/mol. The van der Waals surface area contributed by atoms with Crippen LogP contribution in [-0.4, -0.2) is 21.0 Å². The van der Waals surface area contributed by atoms with Crippen molar-refractivity contribution in [3.63, 3.8) is 0 Å². The van der Waals surface area contributed by atoms with Gasteiger partial charge >= 0.3 is 11.7 Å². The van der Waals surface area contributed by atoms with Gasteiger partial charge in [-0.15, -0.1) is 0 Å². The van der Waals surface area contributed by atoms with Gasteiger partial charge in [-0.1, -0.05) is 11.6 Å². The Morgan fingerprint density at radius 1 is 1.38 bits per heavy atom. The molecule has 8 nitrogen and oxygen atoms in total. The first kappa shape index (κ1) is 14.5. The molecule has 21 heavy (non-hydrogen) atoms. The van der Waals surface area contributed by atoms with Gasteiger partial charge in [0.1, 0.15) is 5.75 Å². The number of nitrogens with zero attached hydrogens (tertiary/aromatic N) is 2. The Hall–Kier alpha value is -2.87. The fraction of sp³-hybridized carbons (Fsp3) is 0. The van der Waals surface area contributed by atoms with E-state index in [2.05, 4.69) is 4.98 Å². The molecule has 0 aliphatic heterocycles. The van der Waals surface area contributed by atoms with E-state index in [1.165, 1.54) is 24.3 Å². The molecule has 0 bridgehead atoms. The van der Waals surface area contributed by atoms with Gasteiger partial charge in [0.2, 0.25) is 11.7 Å². The largest absolute Gasteiger partial charge is 0.478 e. The summed E-state index contributed by atoms with van der Waals surface area (Å²) in [5.41, 5.74) is 4.95. The van der Waals surface area contributed by atoms with Gasteiger partial charge in [0.15, 0.2) is 0 Å². The van der Waals surface area contributed by atoms with E-state index >= 15 is 0 Å². The Morgan fingerprint density at radius 3 is 2.67 bits per heavy atom. The highest BCUT2D eigenvalue weighted by molar-refractivity contribution is 6.33. The number of hydrogen-bond donors (Lipinski definition) is 2. The third-order valence-corrected chi connectivity index (χ3v) is 2.79. The topological polar surface area (TPSA) is 129 Å². The van der Waals surface area contributed by atoms with E-state index in [1.807, 2.05) is 0 Å². The molecule has 0 atom stereocenters. The number of hydrogen-bond acceptors (Lipinski definition) is 6. The number of anilines is 1. The number of rotatable bonds is 4. The standard InChI is InChI=1S/C12H8ClN3O5/c13-8-2-1-6(5-7(8)12(17)18)21-10-4-3-9(16(19)20)11(14)15-10/h1-5H,(H2,14,15)(H,17,18). The van der Waals surface area contributed by atoms with E-state index in [0.29, 0.717) is 0 Å². The number of aromatic carboxylic acids is 1. The Balaban J connectivity index is 2.30. The first-order chi connectivity index (χ1) is 9.88. The van der Waals surface area contributed by atoms with Crippen molar-refractivity contribution in [2.45, 2.75) is 0 Å². The maximum absolute atomic E-state index is 10.9. The number of nitro groups is 1. The molecule has 0 amide bonds. The highest BCUT2D eigenvalue weighted by Gasteiger charge is 2.15. The minimum absolute atomic E-state index is 0.00300.